The molecule has 1 amide bonds. The number of carbonyl (C=O) groups excluding carboxylic acids is 1. The average molecular weight is 191 g/mol. The Morgan fingerprint density at radius 2 is 2.14 bits per heavy atom. The van der Waals surface area contributed by atoms with E-state index in [1.165, 1.54) is 0 Å². The molecule has 0 aliphatic carbocycles. The number of amides is 1. The van der Waals surface area contributed by atoms with Gasteiger partial charge < -0.3 is 10.6 Å². The van der Waals surface area contributed by atoms with Gasteiger partial charge in [-0.3, -0.25) is 9.78 Å². The van der Waals surface area contributed by atoms with E-state index in [-0.39, 0.29) is 18.0 Å². The van der Waals surface area contributed by atoms with E-state index < -0.39 is 0 Å². The zero-order chi connectivity index (χ0) is 10.1. The van der Waals surface area contributed by atoms with Crippen LogP contribution in [-0.2, 0) is 4.79 Å². The molecule has 0 saturated carbocycles. The smallest absolute Gasteiger partial charge is 0.239 e. The number of nitrogens with zero attached hydrogens (tertiary/aromatic N) is 2. The Labute approximate surface area is 82.7 Å². The lowest BCUT2D eigenvalue weighted by Crippen LogP contribution is -2.31. The summed E-state index contributed by atoms with van der Waals surface area (Å²) in [6.07, 6.45) is 4.16. The molecule has 1 saturated heterocycles. The molecule has 1 fully saturated rings. The van der Waals surface area contributed by atoms with Gasteiger partial charge in [0.25, 0.3) is 0 Å². The fraction of sp³-hybridized carbons (Fsp3) is 0.400. The average Bonchev–Trinajstić information content (AvgIpc) is 2.47. The van der Waals surface area contributed by atoms with E-state index in [1.807, 2.05) is 12.1 Å². The molecule has 74 valence electrons. The van der Waals surface area contributed by atoms with E-state index in [1.54, 1.807) is 24.3 Å². The molecule has 4 nitrogen and oxygen atoms in total. The molecule has 0 unspecified atom stereocenters. The van der Waals surface area contributed by atoms with Crippen LogP contribution < -0.4 is 5.73 Å². The minimum atomic E-state index is -0.349. The molecule has 0 bridgehead atoms. The van der Waals surface area contributed by atoms with Crippen molar-refractivity contribution >= 4 is 5.91 Å². The second-order valence-corrected chi connectivity index (χ2v) is 3.59. The summed E-state index contributed by atoms with van der Waals surface area (Å²) in [7, 11) is 1.79. The lowest BCUT2D eigenvalue weighted by molar-refractivity contribution is -0.128. The summed E-state index contributed by atoms with van der Waals surface area (Å²) < 4.78 is 0. The Morgan fingerprint density at radius 1 is 1.50 bits per heavy atom. The van der Waals surface area contributed by atoms with Crippen molar-refractivity contribution in [3.8, 4) is 0 Å². The van der Waals surface area contributed by atoms with Crippen LogP contribution in [0.2, 0.25) is 0 Å². The van der Waals surface area contributed by atoms with Crippen molar-refractivity contribution < 1.29 is 4.79 Å². The molecule has 1 aromatic rings. The van der Waals surface area contributed by atoms with Gasteiger partial charge in [0.05, 0.1) is 12.1 Å². The van der Waals surface area contributed by atoms with Gasteiger partial charge in [-0.1, -0.05) is 0 Å². The molecule has 2 rings (SSSR count). The number of carbonyl (C=O) groups is 1. The van der Waals surface area contributed by atoms with Crippen molar-refractivity contribution in [2.24, 2.45) is 5.73 Å². The third kappa shape index (κ3) is 1.37. The highest BCUT2D eigenvalue weighted by Crippen LogP contribution is 2.29. The van der Waals surface area contributed by atoms with Crippen LogP contribution in [0.3, 0.4) is 0 Å². The van der Waals surface area contributed by atoms with Crippen LogP contribution in [0.1, 0.15) is 18.0 Å². The zero-order valence-corrected chi connectivity index (χ0v) is 8.05. The summed E-state index contributed by atoms with van der Waals surface area (Å²) in [5.41, 5.74) is 6.79. The molecule has 1 aliphatic rings. The molecule has 0 spiro atoms. The van der Waals surface area contributed by atoms with Crippen LogP contribution >= 0.6 is 0 Å². The van der Waals surface area contributed by atoms with Crippen molar-refractivity contribution in [1.29, 1.82) is 0 Å². The number of likely N-dealkylation sites (N-methyl/N-ethyl adjacent to an activating group) is 1. The Hall–Kier alpha value is -1.42. The first-order chi connectivity index (χ1) is 6.70. The fourth-order valence-electron chi connectivity index (χ4n) is 1.86. The first-order valence-corrected chi connectivity index (χ1v) is 4.62. The first-order valence-electron chi connectivity index (χ1n) is 4.62. The van der Waals surface area contributed by atoms with Gasteiger partial charge in [0, 0.05) is 19.4 Å². The molecule has 14 heavy (non-hydrogen) atoms. The number of pyridine rings is 1. The van der Waals surface area contributed by atoms with Crippen LogP contribution in [0.5, 0.6) is 0 Å². The summed E-state index contributed by atoms with van der Waals surface area (Å²) in [5, 5.41) is 0. The van der Waals surface area contributed by atoms with Gasteiger partial charge in [0.2, 0.25) is 5.91 Å². The van der Waals surface area contributed by atoms with Gasteiger partial charge in [0.15, 0.2) is 0 Å². The molecule has 0 aromatic carbocycles. The van der Waals surface area contributed by atoms with Crippen molar-refractivity contribution in [2.75, 3.05) is 7.05 Å². The van der Waals surface area contributed by atoms with Gasteiger partial charge in [0.1, 0.15) is 0 Å². The molecule has 2 N–H and O–H groups in total. The maximum absolute atomic E-state index is 11.5. The van der Waals surface area contributed by atoms with Crippen LogP contribution in [0.15, 0.2) is 24.5 Å². The highest BCUT2D eigenvalue weighted by Gasteiger charge is 2.35. The molecule has 2 atom stereocenters. The Morgan fingerprint density at radius 3 is 2.64 bits per heavy atom. The zero-order valence-electron chi connectivity index (χ0n) is 8.05. The van der Waals surface area contributed by atoms with Crippen LogP contribution in [0.4, 0.5) is 0 Å². The molecule has 2 heterocycles. The Balaban J connectivity index is 2.26. The SMILES string of the molecule is CN1C(=O)[C@H](N)C[C@H]1c1ccncc1. The number of rotatable bonds is 1. The standard InChI is InChI=1S/C10H13N3O/c1-13-9(6-8(11)10(13)14)7-2-4-12-5-3-7/h2-5,8-9H,6,11H2,1H3/t8-,9+/m1/s1. The Bertz CT molecular complexity index is 338. The van der Waals surface area contributed by atoms with Gasteiger partial charge in [-0.05, 0) is 24.1 Å². The normalized spacial score (nSPS) is 27.0. The number of nitrogens with two attached hydrogens (primary N) is 1. The summed E-state index contributed by atoms with van der Waals surface area (Å²) in [6, 6.07) is 3.61. The summed E-state index contributed by atoms with van der Waals surface area (Å²) >= 11 is 0. The lowest BCUT2D eigenvalue weighted by atomic mass is 10.1. The van der Waals surface area contributed by atoms with Crippen molar-refractivity contribution in [3.05, 3.63) is 30.1 Å². The van der Waals surface area contributed by atoms with E-state index >= 15 is 0 Å². The first kappa shape index (κ1) is 9.15. The van der Waals surface area contributed by atoms with Crippen molar-refractivity contribution in [1.82, 2.24) is 9.88 Å². The number of hydrogen-bond acceptors (Lipinski definition) is 3. The minimum absolute atomic E-state index is 0.0202. The van der Waals surface area contributed by atoms with E-state index in [4.69, 9.17) is 5.73 Å². The Kier molecular flexibility index (Phi) is 2.21. The van der Waals surface area contributed by atoms with Crippen LogP contribution in [-0.4, -0.2) is 28.9 Å². The van der Waals surface area contributed by atoms with Crippen LogP contribution in [0, 0.1) is 0 Å². The lowest BCUT2D eigenvalue weighted by Gasteiger charge is -2.19. The quantitative estimate of drug-likeness (QED) is 0.695. The van der Waals surface area contributed by atoms with Gasteiger partial charge in [-0.25, -0.2) is 0 Å². The third-order valence-corrected chi connectivity index (χ3v) is 2.70. The van der Waals surface area contributed by atoms with E-state index in [2.05, 4.69) is 4.98 Å². The number of aromatic nitrogens is 1. The van der Waals surface area contributed by atoms with Crippen molar-refractivity contribution in [2.45, 2.75) is 18.5 Å². The third-order valence-electron chi connectivity index (χ3n) is 2.70. The van der Waals surface area contributed by atoms with Crippen LogP contribution in [0.25, 0.3) is 0 Å². The highest BCUT2D eigenvalue weighted by atomic mass is 16.2. The number of hydrogen-bond donors (Lipinski definition) is 1. The van der Waals surface area contributed by atoms with Crippen molar-refractivity contribution in [3.63, 3.8) is 0 Å². The molecule has 0 radical (unpaired) electrons. The second-order valence-electron chi connectivity index (χ2n) is 3.59. The molecular formula is C10H13N3O. The fourth-order valence-corrected chi connectivity index (χ4v) is 1.86. The van der Waals surface area contributed by atoms with E-state index in [9.17, 15) is 4.79 Å². The number of likely N-dealkylation sites (tertiary alicyclic amines) is 1. The minimum Gasteiger partial charge on any atom is -0.337 e. The van der Waals surface area contributed by atoms with Gasteiger partial charge >= 0.3 is 0 Å². The topological polar surface area (TPSA) is 59.2 Å². The predicted octanol–water partition coefficient (Wildman–Crippen LogP) is 0.312. The summed E-state index contributed by atoms with van der Waals surface area (Å²) in [5.74, 6) is 0.0202. The molecule has 4 heteroatoms. The maximum Gasteiger partial charge on any atom is 0.239 e. The predicted molar refractivity (Wildman–Crippen MR) is 52.3 cm³/mol. The van der Waals surface area contributed by atoms with E-state index in [0.29, 0.717) is 6.42 Å². The highest BCUT2D eigenvalue weighted by molar-refractivity contribution is 5.84. The summed E-state index contributed by atoms with van der Waals surface area (Å²) in [4.78, 5) is 17.1. The largest absolute Gasteiger partial charge is 0.337 e. The molecular weight excluding hydrogens is 178 g/mol. The maximum atomic E-state index is 11.5. The monoisotopic (exact) mass is 191 g/mol. The van der Waals surface area contributed by atoms with E-state index in [0.717, 1.165) is 5.56 Å². The van der Waals surface area contributed by atoms with Gasteiger partial charge in [-0.15, -0.1) is 0 Å². The second kappa shape index (κ2) is 3.38. The summed E-state index contributed by atoms with van der Waals surface area (Å²) in [6.45, 7) is 0. The van der Waals surface area contributed by atoms with Gasteiger partial charge in [-0.2, -0.15) is 0 Å². The molecule has 1 aromatic heterocycles. The molecule has 1 aliphatic heterocycles.